The van der Waals surface area contributed by atoms with Crippen LogP contribution < -0.4 is 9.80 Å². The summed E-state index contributed by atoms with van der Waals surface area (Å²) in [6, 6.07) is 61.5. The Morgan fingerprint density at radius 3 is 1.20 bits per heavy atom. The van der Waals surface area contributed by atoms with Gasteiger partial charge in [-0.3, -0.25) is 0 Å². The van der Waals surface area contributed by atoms with Crippen LogP contribution in [-0.2, 0) is 0 Å². The fourth-order valence-corrected chi connectivity index (χ4v) is 9.68. The first-order valence-electron chi connectivity index (χ1n) is 20.7. The smallest absolute Gasteiger partial charge is 0.159 e. The minimum Gasteiger partial charge on any atom is -0.454 e. The molecule has 0 N–H and O–H groups in total. The van der Waals surface area contributed by atoms with Crippen molar-refractivity contribution in [1.82, 2.24) is 0 Å². The van der Waals surface area contributed by atoms with Gasteiger partial charge in [0, 0.05) is 43.7 Å². The van der Waals surface area contributed by atoms with Crippen LogP contribution in [0.2, 0.25) is 0 Å². The van der Waals surface area contributed by atoms with E-state index in [9.17, 15) is 0 Å². The van der Waals surface area contributed by atoms with Gasteiger partial charge in [0.25, 0.3) is 0 Å². The molecule has 0 aliphatic heterocycles. The van der Waals surface area contributed by atoms with Gasteiger partial charge in [0.05, 0.1) is 22.7 Å². The molecule has 0 radical (unpaired) electrons. The van der Waals surface area contributed by atoms with E-state index in [0.717, 1.165) is 78.0 Å². The van der Waals surface area contributed by atoms with Gasteiger partial charge in [0.15, 0.2) is 11.2 Å². The number of fused-ring (bicyclic) bond motifs is 6. The van der Waals surface area contributed by atoms with Gasteiger partial charge in [-0.05, 0) is 120 Å². The highest BCUT2D eigenvalue weighted by molar-refractivity contribution is 6.29. The van der Waals surface area contributed by atoms with Gasteiger partial charge in [0.2, 0.25) is 0 Å². The van der Waals surface area contributed by atoms with Crippen molar-refractivity contribution in [2.75, 3.05) is 9.80 Å². The van der Waals surface area contributed by atoms with Gasteiger partial charge >= 0.3 is 0 Å². The molecule has 286 valence electrons. The number of rotatable bonds is 6. The maximum atomic E-state index is 6.74. The average Bonchev–Trinajstić information content (AvgIpc) is 3.86. The lowest BCUT2D eigenvalue weighted by molar-refractivity contribution is 0.668. The molecule has 0 fully saturated rings. The van der Waals surface area contributed by atoms with E-state index in [2.05, 4.69) is 195 Å². The fourth-order valence-electron chi connectivity index (χ4n) is 9.68. The number of benzene rings is 10. The number of furan rings is 2. The normalized spacial score (nSPS) is 12.0. The zero-order chi connectivity index (χ0) is 40.2. The van der Waals surface area contributed by atoms with E-state index in [1.54, 1.807) is 0 Å². The lowest BCUT2D eigenvalue weighted by Gasteiger charge is -2.30. The van der Waals surface area contributed by atoms with Crippen LogP contribution in [0.5, 0.6) is 0 Å². The Kier molecular flexibility index (Phi) is 7.45. The molecule has 12 rings (SSSR count). The standard InChI is InChI=1S/C56H40N2O2/c1-33-19-21-35(3)49(31-33)57(47-15-9-13-41-39-11-5-7-17-51(39)59-55(41)47)45-29-25-37-24-28-44-46(30-26-38-23-27-43(45)53(37)54(38)44)58(50-32-34(2)20-22-36(50)4)48-16-10-14-42-40-12-6-8-18-52(40)60-56(42)48/h5-32H,1-4H3. The molecule has 4 nitrogen and oxygen atoms in total. The second-order valence-electron chi connectivity index (χ2n) is 16.3. The largest absolute Gasteiger partial charge is 0.454 e. The van der Waals surface area contributed by atoms with Crippen molar-refractivity contribution in [2.24, 2.45) is 0 Å². The molecule has 2 heterocycles. The number of para-hydroxylation sites is 4. The van der Waals surface area contributed by atoms with Crippen molar-refractivity contribution >= 4 is 110 Å². The molecule has 0 aliphatic rings. The Balaban J connectivity index is 1.16. The molecule has 0 saturated heterocycles. The zero-order valence-electron chi connectivity index (χ0n) is 33.9. The number of nitrogens with zero attached hydrogens (tertiary/aromatic N) is 2. The van der Waals surface area contributed by atoms with Crippen molar-refractivity contribution < 1.29 is 8.83 Å². The number of hydrogen-bond donors (Lipinski definition) is 0. The molecule has 10 aromatic carbocycles. The summed E-state index contributed by atoms with van der Waals surface area (Å²) >= 11 is 0. The second-order valence-corrected chi connectivity index (χ2v) is 16.3. The van der Waals surface area contributed by atoms with Gasteiger partial charge in [-0.25, -0.2) is 0 Å². The summed E-state index contributed by atoms with van der Waals surface area (Å²) in [5, 5.41) is 11.7. The lowest BCUT2D eigenvalue weighted by Crippen LogP contribution is -2.13. The van der Waals surface area contributed by atoms with Crippen LogP contribution in [0.1, 0.15) is 22.3 Å². The van der Waals surface area contributed by atoms with Crippen LogP contribution in [0.25, 0.3) is 76.2 Å². The Labute approximate surface area is 347 Å². The molecule has 0 saturated carbocycles. The third-order valence-corrected chi connectivity index (χ3v) is 12.6. The molecule has 2 aromatic heterocycles. The minimum absolute atomic E-state index is 0.872. The van der Waals surface area contributed by atoms with Crippen LogP contribution in [0.15, 0.2) is 179 Å². The predicted molar refractivity (Wildman–Crippen MR) is 253 cm³/mol. The van der Waals surface area contributed by atoms with Gasteiger partial charge in [-0.15, -0.1) is 0 Å². The molecular weight excluding hydrogens is 733 g/mol. The average molecular weight is 773 g/mol. The summed E-state index contributed by atoms with van der Waals surface area (Å²) < 4.78 is 13.5. The van der Waals surface area contributed by atoms with E-state index >= 15 is 0 Å². The molecular formula is C56H40N2O2. The van der Waals surface area contributed by atoms with Gasteiger partial charge < -0.3 is 18.6 Å². The van der Waals surface area contributed by atoms with Gasteiger partial charge in [-0.1, -0.05) is 121 Å². The lowest BCUT2D eigenvalue weighted by atomic mass is 9.91. The van der Waals surface area contributed by atoms with Crippen LogP contribution in [-0.4, -0.2) is 0 Å². The van der Waals surface area contributed by atoms with Gasteiger partial charge in [-0.2, -0.15) is 0 Å². The molecule has 0 amide bonds. The van der Waals surface area contributed by atoms with Crippen LogP contribution in [0.4, 0.5) is 34.1 Å². The van der Waals surface area contributed by atoms with Crippen molar-refractivity contribution in [3.05, 3.63) is 192 Å². The number of aryl methyl sites for hydroxylation is 4. The highest BCUT2D eigenvalue weighted by atomic mass is 16.3. The summed E-state index contributed by atoms with van der Waals surface area (Å²) in [7, 11) is 0. The summed E-state index contributed by atoms with van der Waals surface area (Å²) in [6.45, 7) is 8.74. The molecule has 0 atom stereocenters. The van der Waals surface area contributed by atoms with Gasteiger partial charge in [0.1, 0.15) is 11.2 Å². The fraction of sp³-hybridized carbons (Fsp3) is 0.0714. The summed E-state index contributed by atoms with van der Waals surface area (Å²) in [4.78, 5) is 4.84. The van der Waals surface area contributed by atoms with E-state index < -0.39 is 0 Å². The van der Waals surface area contributed by atoms with E-state index in [-0.39, 0.29) is 0 Å². The Morgan fingerprint density at radius 2 is 0.733 bits per heavy atom. The zero-order valence-corrected chi connectivity index (χ0v) is 33.9. The SMILES string of the molecule is Cc1ccc(C)c(N(c2ccc3ccc4c(N(c5cc(C)ccc5C)c5cccc6c5oc5ccccc56)ccc5ccc2c3c54)c2cccc3c2oc2ccccc23)c1. The summed E-state index contributed by atoms with van der Waals surface area (Å²) in [5.74, 6) is 0. The Morgan fingerprint density at radius 1 is 0.317 bits per heavy atom. The Hall–Kier alpha value is -7.56. The first-order chi connectivity index (χ1) is 29.4. The van der Waals surface area contributed by atoms with E-state index in [4.69, 9.17) is 8.83 Å². The summed E-state index contributed by atoms with van der Waals surface area (Å²) in [6.07, 6.45) is 0. The molecule has 0 spiro atoms. The maximum Gasteiger partial charge on any atom is 0.159 e. The predicted octanol–water partition coefficient (Wildman–Crippen LogP) is 16.6. The minimum atomic E-state index is 0.872. The molecule has 4 heteroatoms. The highest BCUT2D eigenvalue weighted by Crippen LogP contribution is 2.51. The topological polar surface area (TPSA) is 32.8 Å². The molecule has 0 aliphatic carbocycles. The third-order valence-electron chi connectivity index (χ3n) is 12.6. The van der Waals surface area contributed by atoms with Crippen LogP contribution in [0.3, 0.4) is 0 Å². The second kappa shape index (κ2) is 13.0. The maximum absolute atomic E-state index is 6.74. The summed E-state index contributed by atoms with van der Waals surface area (Å²) in [5.41, 5.74) is 14.7. The van der Waals surface area contributed by atoms with E-state index in [1.807, 2.05) is 12.1 Å². The number of hydrogen-bond acceptors (Lipinski definition) is 4. The van der Waals surface area contributed by atoms with Crippen LogP contribution in [0, 0.1) is 27.7 Å². The first kappa shape index (κ1) is 34.5. The molecule has 12 aromatic rings. The van der Waals surface area contributed by atoms with Crippen molar-refractivity contribution in [1.29, 1.82) is 0 Å². The highest BCUT2D eigenvalue weighted by Gasteiger charge is 2.26. The quantitative estimate of drug-likeness (QED) is 0.158. The van der Waals surface area contributed by atoms with Crippen molar-refractivity contribution in [2.45, 2.75) is 27.7 Å². The van der Waals surface area contributed by atoms with E-state index in [0.29, 0.717) is 0 Å². The van der Waals surface area contributed by atoms with Crippen molar-refractivity contribution in [3.63, 3.8) is 0 Å². The third kappa shape index (κ3) is 5.04. The van der Waals surface area contributed by atoms with E-state index in [1.165, 1.54) is 54.6 Å². The monoisotopic (exact) mass is 772 g/mol. The van der Waals surface area contributed by atoms with Crippen LogP contribution >= 0.6 is 0 Å². The first-order valence-corrected chi connectivity index (χ1v) is 20.7. The molecule has 60 heavy (non-hydrogen) atoms. The Bertz CT molecular complexity index is 3440. The molecule has 0 unspecified atom stereocenters. The molecule has 0 bridgehead atoms. The number of anilines is 6. The van der Waals surface area contributed by atoms with Crippen molar-refractivity contribution in [3.8, 4) is 0 Å².